The summed E-state index contributed by atoms with van der Waals surface area (Å²) in [6.45, 7) is 5.97. The Morgan fingerprint density at radius 3 is 2.33 bits per heavy atom. The Kier molecular flexibility index (Phi) is 3.19. The van der Waals surface area contributed by atoms with Crippen LogP contribution in [0.3, 0.4) is 0 Å². The van der Waals surface area contributed by atoms with Crippen LogP contribution in [0.2, 0.25) is 0 Å². The minimum Gasteiger partial charge on any atom is -0.478 e. The third-order valence-corrected chi connectivity index (χ3v) is 2.95. The highest BCUT2D eigenvalue weighted by molar-refractivity contribution is 5.88. The van der Waals surface area contributed by atoms with Crippen molar-refractivity contribution in [2.75, 3.05) is 0 Å². The quantitative estimate of drug-likeness (QED) is 0.903. The molecule has 0 amide bonds. The maximum atomic E-state index is 11.0. The Bertz CT molecular complexity index is 568. The van der Waals surface area contributed by atoms with Gasteiger partial charge in [0.1, 0.15) is 5.56 Å². The van der Waals surface area contributed by atoms with Gasteiger partial charge in [-0.3, -0.25) is 0 Å². The molecule has 0 atom stereocenters. The summed E-state index contributed by atoms with van der Waals surface area (Å²) in [7, 11) is 0. The molecule has 0 aliphatic carbocycles. The van der Waals surface area contributed by atoms with E-state index >= 15 is 0 Å². The zero-order valence-corrected chi connectivity index (χ0v) is 10.7. The second kappa shape index (κ2) is 4.64. The van der Waals surface area contributed by atoms with Gasteiger partial charge in [0.05, 0.1) is 11.4 Å². The van der Waals surface area contributed by atoms with Gasteiger partial charge in [-0.2, -0.15) is 5.10 Å². The molecule has 2 rings (SSSR count). The number of benzene rings is 1. The molecule has 0 spiro atoms. The van der Waals surface area contributed by atoms with Crippen LogP contribution < -0.4 is 0 Å². The smallest absolute Gasteiger partial charge is 0.339 e. The molecular weight excluding hydrogens is 228 g/mol. The van der Waals surface area contributed by atoms with Gasteiger partial charge in [-0.15, -0.1) is 0 Å². The molecule has 4 nitrogen and oxygen atoms in total. The van der Waals surface area contributed by atoms with E-state index in [2.05, 4.69) is 18.9 Å². The van der Waals surface area contributed by atoms with Crippen LogP contribution in [-0.2, 0) is 0 Å². The minimum atomic E-state index is -0.947. The number of nitrogens with zero attached hydrogens (tertiary/aromatic N) is 2. The summed E-state index contributed by atoms with van der Waals surface area (Å²) in [5.74, 6) is -0.467. The number of carboxylic acid groups (broad SMARTS) is 1. The molecule has 0 radical (unpaired) electrons. The summed E-state index contributed by atoms with van der Waals surface area (Å²) in [6, 6.07) is 7.98. The van der Waals surface area contributed by atoms with Crippen molar-refractivity contribution < 1.29 is 9.90 Å². The normalized spacial score (nSPS) is 10.9. The first kappa shape index (κ1) is 12.4. The fourth-order valence-corrected chi connectivity index (χ4v) is 1.81. The zero-order valence-electron chi connectivity index (χ0n) is 10.7. The highest BCUT2D eigenvalue weighted by Gasteiger charge is 2.12. The van der Waals surface area contributed by atoms with Gasteiger partial charge in [0.15, 0.2) is 0 Å². The van der Waals surface area contributed by atoms with Gasteiger partial charge < -0.3 is 5.11 Å². The molecule has 0 aliphatic heterocycles. The Morgan fingerprint density at radius 1 is 1.28 bits per heavy atom. The molecule has 0 bridgehead atoms. The third-order valence-electron chi connectivity index (χ3n) is 2.95. The molecule has 0 fully saturated rings. The van der Waals surface area contributed by atoms with Crippen LogP contribution in [0.5, 0.6) is 0 Å². The third kappa shape index (κ3) is 2.27. The van der Waals surface area contributed by atoms with E-state index in [0.29, 0.717) is 11.6 Å². The van der Waals surface area contributed by atoms with Gasteiger partial charge in [-0.1, -0.05) is 26.0 Å². The molecule has 1 aromatic carbocycles. The number of aromatic nitrogens is 2. The molecule has 1 aromatic heterocycles. The molecule has 1 heterocycles. The summed E-state index contributed by atoms with van der Waals surface area (Å²) < 4.78 is 1.60. The van der Waals surface area contributed by atoms with E-state index < -0.39 is 5.97 Å². The van der Waals surface area contributed by atoms with Crippen molar-refractivity contribution in [1.82, 2.24) is 9.78 Å². The van der Waals surface area contributed by atoms with Crippen LogP contribution >= 0.6 is 0 Å². The summed E-state index contributed by atoms with van der Waals surface area (Å²) in [6.07, 6.45) is 1.54. The van der Waals surface area contributed by atoms with Crippen LogP contribution in [0.1, 0.15) is 41.4 Å². The second-order valence-electron chi connectivity index (χ2n) is 4.62. The molecule has 1 N–H and O–H groups in total. The Hall–Kier alpha value is -2.10. The lowest BCUT2D eigenvalue weighted by Gasteiger charge is -2.06. The van der Waals surface area contributed by atoms with Crippen molar-refractivity contribution in [3.63, 3.8) is 0 Å². The maximum absolute atomic E-state index is 11.0. The molecular formula is C14H16N2O2. The van der Waals surface area contributed by atoms with Crippen LogP contribution in [-0.4, -0.2) is 20.9 Å². The maximum Gasteiger partial charge on any atom is 0.339 e. The second-order valence-corrected chi connectivity index (χ2v) is 4.62. The molecule has 0 saturated heterocycles. The van der Waals surface area contributed by atoms with E-state index in [-0.39, 0.29) is 5.56 Å². The van der Waals surface area contributed by atoms with Crippen LogP contribution in [0.15, 0.2) is 30.5 Å². The molecule has 0 unspecified atom stereocenters. The average molecular weight is 244 g/mol. The summed E-state index contributed by atoms with van der Waals surface area (Å²) in [5, 5.41) is 13.2. The largest absolute Gasteiger partial charge is 0.478 e. The summed E-state index contributed by atoms with van der Waals surface area (Å²) >= 11 is 0. The standard InChI is InChI=1S/C14H16N2O2/c1-9(2)11-4-6-12(7-5-11)16-8-13(14(17)18)10(3)15-16/h4-9H,1-3H3,(H,17,18). The number of rotatable bonds is 3. The van der Waals surface area contributed by atoms with Crippen molar-refractivity contribution in [2.45, 2.75) is 26.7 Å². The van der Waals surface area contributed by atoms with Gasteiger partial charge in [0.2, 0.25) is 0 Å². The predicted octanol–water partition coefficient (Wildman–Crippen LogP) is 3.00. The molecule has 4 heteroatoms. The van der Waals surface area contributed by atoms with E-state index in [1.54, 1.807) is 17.8 Å². The van der Waals surface area contributed by atoms with Crippen molar-refractivity contribution in [3.8, 4) is 5.69 Å². The van der Waals surface area contributed by atoms with Crippen molar-refractivity contribution in [1.29, 1.82) is 0 Å². The summed E-state index contributed by atoms with van der Waals surface area (Å²) in [5.41, 5.74) is 2.88. The molecule has 18 heavy (non-hydrogen) atoms. The predicted molar refractivity (Wildman–Crippen MR) is 69.3 cm³/mol. The molecule has 0 saturated carbocycles. The van der Waals surface area contributed by atoms with E-state index in [1.807, 2.05) is 24.3 Å². The van der Waals surface area contributed by atoms with Crippen LogP contribution in [0, 0.1) is 6.92 Å². The van der Waals surface area contributed by atoms with Gasteiger partial charge in [0, 0.05) is 6.20 Å². The highest BCUT2D eigenvalue weighted by atomic mass is 16.4. The van der Waals surface area contributed by atoms with Crippen molar-refractivity contribution >= 4 is 5.97 Å². The first-order valence-corrected chi connectivity index (χ1v) is 5.89. The topological polar surface area (TPSA) is 55.1 Å². The van der Waals surface area contributed by atoms with Gasteiger partial charge >= 0.3 is 5.97 Å². The number of carboxylic acids is 1. The number of hydrogen-bond acceptors (Lipinski definition) is 2. The zero-order chi connectivity index (χ0) is 13.3. The molecule has 2 aromatic rings. The Labute approximate surface area is 106 Å². The first-order valence-electron chi connectivity index (χ1n) is 5.89. The monoisotopic (exact) mass is 244 g/mol. The van der Waals surface area contributed by atoms with E-state index in [4.69, 9.17) is 5.11 Å². The fourth-order valence-electron chi connectivity index (χ4n) is 1.81. The van der Waals surface area contributed by atoms with E-state index in [9.17, 15) is 4.79 Å². The van der Waals surface area contributed by atoms with Crippen LogP contribution in [0.4, 0.5) is 0 Å². The fraction of sp³-hybridized carbons (Fsp3) is 0.286. The number of aromatic carboxylic acids is 1. The number of carbonyl (C=O) groups is 1. The van der Waals surface area contributed by atoms with Gasteiger partial charge in [0.25, 0.3) is 0 Å². The summed E-state index contributed by atoms with van der Waals surface area (Å²) in [4.78, 5) is 11.0. The molecule has 94 valence electrons. The van der Waals surface area contributed by atoms with E-state index in [0.717, 1.165) is 5.69 Å². The van der Waals surface area contributed by atoms with Crippen molar-refractivity contribution in [3.05, 3.63) is 47.3 Å². The average Bonchev–Trinajstić information content (AvgIpc) is 2.71. The Balaban J connectivity index is 2.37. The number of aryl methyl sites for hydroxylation is 1. The molecule has 0 aliphatic rings. The lowest BCUT2D eigenvalue weighted by atomic mass is 10.0. The number of hydrogen-bond donors (Lipinski definition) is 1. The van der Waals surface area contributed by atoms with Crippen LogP contribution in [0.25, 0.3) is 5.69 Å². The van der Waals surface area contributed by atoms with Gasteiger partial charge in [-0.05, 0) is 30.5 Å². The first-order chi connectivity index (χ1) is 8.49. The SMILES string of the molecule is Cc1nn(-c2ccc(C(C)C)cc2)cc1C(=O)O. The lowest BCUT2D eigenvalue weighted by Crippen LogP contribution is -1.96. The van der Waals surface area contributed by atoms with Crippen molar-refractivity contribution in [2.24, 2.45) is 0 Å². The Morgan fingerprint density at radius 2 is 1.89 bits per heavy atom. The van der Waals surface area contributed by atoms with E-state index in [1.165, 1.54) is 5.56 Å². The minimum absolute atomic E-state index is 0.239. The lowest BCUT2D eigenvalue weighted by molar-refractivity contribution is 0.0696. The highest BCUT2D eigenvalue weighted by Crippen LogP contribution is 2.17. The van der Waals surface area contributed by atoms with Gasteiger partial charge in [-0.25, -0.2) is 9.48 Å².